The van der Waals surface area contributed by atoms with E-state index in [2.05, 4.69) is 33.2 Å². The molecule has 1 unspecified atom stereocenters. The third kappa shape index (κ3) is 3.52. The van der Waals surface area contributed by atoms with Crippen molar-refractivity contribution >= 4 is 21.8 Å². The maximum atomic E-state index is 12.1. The average Bonchev–Trinajstić information content (AvgIpc) is 2.79. The van der Waals surface area contributed by atoms with Gasteiger partial charge in [-0.25, -0.2) is 0 Å². The lowest BCUT2D eigenvalue weighted by atomic mass is 10.1. The smallest absolute Gasteiger partial charge is 0.255 e. The molecule has 1 aliphatic rings. The summed E-state index contributed by atoms with van der Waals surface area (Å²) < 4.78 is 0.800. The quantitative estimate of drug-likeness (QED) is 0.885. The molecule has 1 aliphatic heterocycles. The van der Waals surface area contributed by atoms with Crippen molar-refractivity contribution in [1.29, 1.82) is 0 Å². The van der Waals surface area contributed by atoms with Gasteiger partial charge in [0.1, 0.15) is 5.75 Å². The molecule has 2 N–H and O–H groups in total. The van der Waals surface area contributed by atoms with Crippen LogP contribution < -0.4 is 5.32 Å². The predicted octanol–water partition coefficient (Wildman–Crippen LogP) is 2.68. The molecule has 4 nitrogen and oxygen atoms in total. The van der Waals surface area contributed by atoms with Gasteiger partial charge in [0.2, 0.25) is 0 Å². The molecule has 1 aromatic rings. The van der Waals surface area contributed by atoms with Crippen LogP contribution >= 0.6 is 15.9 Å². The number of phenols is 1. The number of amides is 1. The van der Waals surface area contributed by atoms with Crippen LogP contribution in [0.5, 0.6) is 5.75 Å². The second-order valence-electron chi connectivity index (χ2n) is 5.44. The highest BCUT2D eigenvalue weighted by atomic mass is 79.9. The number of carbonyl (C=O) groups is 1. The van der Waals surface area contributed by atoms with Crippen LogP contribution in [-0.2, 0) is 0 Å². The van der Waals surface area contributed by atoms with E-state index in [1.54, 1.807) is 19.1 Å². The molecule has 20 heavy (non-hydrogen) atoms. The molecular formula is C15H21BrN2O2. The summed E-state index contributed by atoms with van der Waals surface area (Å²) >= 11 is 3.35. The topological polar surface area (TPSA) is 52.6 Å². The number of aryl methyl sites for hydroxylation is 1. The van der Waals surface area contributed by atoms with E-state index >= 15 is 0 Å². The van der Waals surface area contributed by atoms with E-state index in [0.717, 1.165) is 17.4 Å². The number of nitrogens with zero attached hydrogens (tertiary/aromatic N) is 1. The molecule has 0 radical (unpaired) electrons. The summed E-state index contributed by atoms with van der Waals surface area (Å²) in [7, 11) is 2.13. The number of aromatic hydroxyl groups is 1. The van der Waals surface area contributed by atoms with Gasteiger partial charge in [0.15, 0.2) is 0 Å². The molecule has 1 heterocycles. The molecule has 2 rings (SSSR count). The van der Waals surface area contributed by atoms with E-state index in [1.807, 2.05) is 0 Å². The molecular weight excluding hydrogens is 320 g/mol. The van der Waals surface area contributed by atoms with Crippen LogP contribution in [0.4, 0.5) is 0 Å². The number of hydrogen-bond donors (Lipinski definition) is 2. The number of carbonyl (C=O) groups excluding carboxylic acids is 1. The molecule has 0 aliphatic carbocycles. The van der Waals surface area contributed by atoms with Gasteiger partial charge in [0.05, 0.1) is 5.56 Å². The second-order valence-corrected chi connectivity index (χ2v) is 6.36. The molecule has 0 spiro atoms. The predicted molar refractivity (Wildman–Crippen MR) is 83.1 cm³/mol. The largest absolute Gasteiger partial charge is 0.507 e. The van der Waals surface area contributed by atoms with Crippen LogP contribution in [0.2, 0.25) is 0 Å². The Morgan fingerprint density at radius 2 is 2.30 bits per heavy atom. The zero-order valence-electron chi connectivity index (χ0n) is 11.9. The van der Waals surface area contributed by atoms with Gasteiger partial charge in [-0.05, 0) is 57.5 Å². The lowest BCUT2D eigenvalue weighted by Crippen LogP contribution is -2.31. The molecule has 5 heteroatoms. The lowest BCUT2D eigenvalue weighted by molar-refractivity contribution is 0.0947. The first-order chi connectivity index (χ1) is 9.49. The first kappa shape index (κ1) is 15.3. The summed E-state index contributed by atoms with van der Waals surface area (Å²) in [4.78, 5) is 14.5. The monoisotopic (exact) mass is 340 g/mol. The summed E-state index contributed by atoms with van der Waals surface area (Å²) in [6.07, 6.45) is 3.39. The van der Waals surface area contributed by atoms with Crippen LogP contribution in [0.25, 0.3) is 0 Å². The minimum atomic E-state index is -0.215. The highest BCUT2D eigenvalue weighted by Crippen LogP contribution is 2.26. The van der Waals surface area contributed by atoms with Gasteiger partial charge in [-0.15, -0.1) is 0 Å². The van der Waals surface area contributed by atoms with Crippen LogP contribution in [0.3, 0.4) is 0 Å². The zero-order chi connectivity index (χ0) is 14.7. The molecule has 1 fully saturated rings. The summed E-state index contributed by atoms with van der Waals surface area (Å²) in [5.74, 6) is -0.156. The SMILES string of the molecule is Cc1cc(Br)cc(C(=O)NCCC2CCCN2C)c1O. The lowest BCUT2D eigenvalue weighted by Gasteiger charge is -2.19. The van der Waals surface area contributed by atoms with Crippen LogP contribution in [0, 0.1) is 6.92 Å². The minimum absolute atomic E-state index is 0.0590. The van der Waals surface area contributed by atoms with Gasteiger partial charge < -0.3 is 15.3 Å². The number of halogens is 1. The maximum Gasteiger partial charge on any atom is 0.255 e. The number of likely N-dealkylation sites (tertiary alicyclic amines) is 1. The fourth-order valence-corrected chi connectivity index (χ4v) is 3.27. The van der Waals surface area contributed by atoms with Gasteiger partial charge in [0.25, 0.3) is 5.91 Å². The van der Waals surface area contributed by atoms with Crippen LogP contribution in [0.1, 0.15) is 35.2 Å². The number of hydrogen-bond acceptors (Lipinski definition) is 3. The van der Waals surface area contributed by atoms with Gasteiger partial charge in [0, 0.05) is 17.1 Å². The Morgan fingerprint density at radius 1 is 1.55 bits per heavy atom. The Kier molecular flexibility index (Phi) is 5.05. The zero-order valence-corrected chi connectivity index (χ0v) is 13.5. The van der Waals surface area contributed by atoms with Crippen molar-refractivity contribution in [3.8, 4) is 5.75 Å². The number of rotatable bonds is 4. The van der Waals surface area contributed by atoms with Crippen molar-refractivity contribution < 1.29 is 9.90 Å². The summed E-state index contributed by atoms with van der Waals surface area (Å²) in [5.41, 5.74) is 1.02. The Morgan fingerprint density at radius 3 is 2.95 bits per heavy atom. The summed E-state index contributed by atoms with van der Waals surface area (Å²) in [6, 6.07) is 4.01. The summed E-state index contributed by atoms with van der Waals surface area (Å²) in [5, 5.41) is 12.9. The molecule has 1 saturated heterocycles. The Hall–Kier alpha value is -1.07. The number of nitrogens with one attached hydrogen (secondary N) is 1. The van der Waals surface area contributed by atoms with Crippen molar-refractivity contribution in [2.75, 3.05) is 20.1 Å². The van der Waals surface area contributed by atoms with Crippen LogP contribution in [0.15, 0.2) is 16.6 Å². The van der Waals surface area contributed by atoms with Crippen molar-refractivity contribution in [3.63, 3.8) is 0 Å². The Balaban J connectivity index is 1.92. The molecule has 0 bridgehead atoms. The van der Waals surface area contributed by atoms with Crippen molar-refractivity contribution in [3.05, 3.63) is 27.7 Å². The normalized spacial score (nSPS) is 19.2. The van der Waals surface area contributed by atoms with E-state index in [4.69, 9.17) is 0 Å². The first-order valence-corrected chi connectivity index (χ1v) is 7.76. The molecule has 0 saturated carbocycles. The van der Waals surface area contributed by atoms with Gasteiger partial charge in [-0.3, -0.25) is 4.79 Å². The molecule has 1 atom stereocenters. The summed E-state index contributed by atoms with van der Waals surface area (Å²) in [6.45, 7) is 3.56. The van der Waals surface area contributed by atoms with E-state index in [0.29, 0.717) is 23.7 Å². The highest BCUT2D eigenvalue weighted by Gasteiger charge is 2.21. The first-order valence-electron chi connectivity index (χ1n) is 6.96. The van der Waals surface area contributed by atoms with Gasteiger partial charge in [-0.1, -0.05) is 15.9 Å². The van der Waals surface area contributed by atoms with E-state index in [1.165, 1.54) is 12.8 Å². The fraction of sp³-hybridized carbons (Fsp3) is 0.533. The average molecular weight is 341 g/mol. The molecule has 110 valence electrons. The maximum absolute atomic E-state index is 12.1. The van der Waals surface area contributed by atoms with E-state index in [-0.39, 0.29) is 11.7 Å². The third-order valence-electron chi connectivity index (χ3n) is 3.94. The number of benzene rings is 1. The second kappa shape index (κ2) is 6.59. The highest BCUT2D eigenvalue weighted by molar-refractivity contribution is 9.10. The Bertz CT molecular complexity index is 505. The Labute approximate surface area is 128 Å². The minimum Gasteiger partial charge on any atom is -0.507 e. The van der Waals surface area contributed by atoms with E-state index < -0.39 is 0 Å². The van der Waals surface area contributed by atoms with E-state index in [9.17, 15) is 9.90 Å². The molecule has 1 amide bonds. The molecule has 1 aromatic carbocycles. The van der Waals surface area contributed by atoms with Gasteiger partial charge >= 0.3 is 0 Å². The molecule has 0 aromatic heterocycles. The number of phenolic OH excluding ortho intramolecular Hbond substituents is 1. The van der Waals surface area contributed by atoms with Crippen molar-refractivity contribution in [2.45, 2.75) is 32.2 Å². The third-order valence-corrected chi connectivity index (χ3v) is 4.40. The van der Waals surface area contributed by atoms with Crippen molar-refractivity contribution in [2.24, 2.45) is 0 Å². The standard InChI is InChI=1S/C15H21BrN2O2/c1-10-8-11(16)9-13(14(10)19)15(20)17-6-5-12-4-3-7-18(12)2/h8-9,12,19H,3-7H2,1-2H3,(H,17,20). The fourth-order valence-electron chi connectivity index (χ4n) is 2.70. The van der Waals surface area contributed by atoms with Crippen LogP contribution in [-0.4, -0.2) is 42.1 Å². The van der Waals surface area contributed by atoms with Crippen molar-refractivity contribution in [1.82, 2.24) is 10.2 Å². The van der Waals surface area contributed by atoms with Gasteiger partial charge in [-0.2, -0.15) is 0 Å².